The molecule has 2 rings (SSSR count). The SMILES string of the molecule is O=C(NC[C@@H]1CCCO1)C(=O)N/N=C\c1ccncc1. The average Bonchev–Trinajstić information content (AvgIpc) is 2.99. The van der Waals surface area contributed by atoms with Crippen molar-refractivity contribution in [3.8, 4) is 0 Å². The second-order valence-corrected chi connectivity index (χ2v) is 4.32. The van der Waals surface area contributed by atoms with Crippen molar-refractivity contribution in [1.29, 1.82) is 0 Å². The standard InChI is InChI=1S/C13H16N4O3/c18-12(15-9-11-2-1-7-20-11)13(19)17-16-8-10-3-5-14-6-4-10/h3-6,8,11H,1-2,7,9H2,(H,15,18)(H,17,19)/b16-8-/t11-/m0/s1. The maximum atomic E-state index is 11.5. The van der Waals surface area contributed by atoms with Crippen molar-refractivity contribution < 1.29 is 14.3 Å². The molecule has 1 aromatic rings. The largest absolute Gasteiger partial charge is 0.376 e. The summed E-state index contributed by atoms with van der Waals surface area (Å²) in [6.45, 7) is 1.06. The summed E-state index contributed by atoms with van der Waals surface area (Å²) in [5.41, 5.74) is 2.94. The van der Waals surface area contributed by atoms with E-state index < -0.39 is 11.8 Å². The van der Waals surface area contributed by atoms with Gasteiger partial charge in [-0.25, -0.2) is 5.43 Å². The first-order valence-corrected chi connectivity index (χ1v) is 6.38. The smallest absolute Gasteiger partial charge is 0.329 e. The van der Waals surface area contributed by atoms with Crippen molar-refractivity contribution in [3.63, 3.8) is 0 Å². The van der Waals surface area contributed by atoms with Gasteiger partial charge in [-0.3, -0.25) is 14.6 Å². The number of amides is 2. The van der Waals surface area contributed by atoms with Gasteiger partial charge < -0.3 is 10.1 Å². The van der Waals surface area contributed by atoms with E-state index in [2.05, 4.69) is 20.8 Å². The number of aromatic nitrogens is 1. The van der Waals surface area contributed by atoms with E-state index in [1.165, 1.54) is 6.21 Å². The lowest BCUT2D eigenvalue weighted by Crippen LogP contribution is -2.41. The molecule has 1 aliphatic rings. The molecule has 0 spiro atoms. The Labute approximate surface area is 116 Å². The second kappa shape index (κ2) is 7.34. The van der Waals surface area contributed by atoms with Crippen molar-refractivity contribution in [1.82, 2.24) is 15.7 Å². The van der Waals surface area contributed by atoms with Crippen LogP contribution >= 0.6 is 0 Å². The van der Waals surface area contributed by atoms with Gasteiger partial charge in [0.15, 0.2) is 0 Å². The van der Waals surface area contributed by atoms with Gasteiger partial charge in [0.2, 0.25) is 0 Å². The number of rotatable bonds is 4. The van der Waals surface area contributed by atoms with E-state index in [4.69, 9.17) is 4.74 Å². The molecule has 0 aliphatic carbocycles. The highest BCUT2D eigenvalue weighted by Gasteiger charge is 2.18. The Kier molecular flexibility index (Phi) is 5.19. The van der Waals surface area contributed by atoms with Crippen LogP contribution in [0.15, 0.2) is 29.6 Å². The van der Waals surface area contributed by atoms with Crippen molar-refractivity contribution in [2.24, 2.45) is 5.10 Å². The Hall–Kier alpha value is -2.28. The van der Waals surface area contributed by atoms with E-state index in [-0.39, 0.29) is 6.10 Å². The predicted octanol–water partition coefficient (Wildman–Crippen LogP) is -0.173. The number of hydrazone groups is 1. The van der Waals surface area contributed by atoms with Gasteiger partial charge in [0.1, 0.15) is 0 Å². The first-order chi connectivity index (χ1) is 9.75. The van der Waals surface area contributed by atoms with Crippen LogP contribution in [0.25, 0.3) is 0 Å². The molecule has 1 aromatic heterocycles. The molecule has 7 nitrogen and oxygen atoms in total. The molecule has 0 bridgehead atoms. The summed E-state index contributed by atoms with van der Waals surface area (Å²) in [6.07, 6.45) is 6.56. The molecule has 1 aliphatic heterocycles. The Bertz CT molecular complexity index is 484. The first-order valence-electron chi connectivity index (χ1n) is 6.38. The minimum Gasteiger partial charge on any atom is -0.376 e. The first kappa shape index (κ1) is 14.1. The fourth-order valence-corrected chi connectivity index (χ4v) is 1.76. The highest BCUT2D eigenvalue weighted by atomic mass is 16.5. The quantitative estimate of drug-likeness (QED) is 0.453. The number of nitrogens with zero attached hydrogens (tertiary/aromatic N) is 2. The average molecular weight is 276 g/mol. The zero-order valence-electron chi connectivity index (χ0n) is 10.9. The molecule has 0 saturated carbocycles. The predicted molar refractivity (Wildman–Crippen MR) is 72.0 cm³/mol. The number of carbonyl (C=O) groups excluding carboxylic acids is 2. The van der Waals surface area contributed by atoms with Gasteiger partial charge in [-0.1, -0.05) is 0 Å². The Morgan fingerprint density at radius 3 is 2.90 bits per heavy atom. The fourth-order valence-electron chi connectivity index (χ4n) is 1.76. The fraction of sp³-hybridized carbons (Fsp3) is 0.385. The van der Waals surface area contributed by atoms with Crippen LogP contribution in [0.1, 0.15) is 18.4 Å². The summed E-state index contributed by atoms with van der Waals surface area (Å²) < 4.78 is 5.34. The van der Waals surface area contributed by atoms with E-state index in [1.807, 2.05) is 0 Å². The number of carbonyl (C=O) groups is 2. The van der Waals surface area contributed by atoms with Gasteiger partial charge in [-0.05, 0) is 30.5 Å². The van der Waals surface area contributed by atoms with Crippen LogP contribution in [-0.4, -0.2) is 42.3 Å². The molecule has 0 unspecified atom stereocenters. The van der Waals surface area contributed by atoms with E-state index in [9.17, 15) is 9.59 Å². The number of hydrogen-bond donors (Lipinski definition) is 2. The van der Waals surface area contributed by atoms with Crippen LogP contribution in [0, 0.1) is 0 Å². The van der Waals surface area contributed by atoms with Crippen LogP contribution in [-0.2, 0) is 14.3 Å². The third-order valence-corrected chi connectivity index (χ3v) is 2.81. The van der Waals surface area contributed by atoms with E-state index in [1.54, 1.807) is 24.5 Å². The molecule has 0 radical (unpaired) electrons. The summed E-state index contributed by atoms with van der Waals surface area (Å²) in [7, 11) is 0. The molecule has 106 valence electrons. The number of pyridine rings is 1. The molecule has 1 atom stereocenters. The summed E-state index contributed by atoms with van der Waals surface area (Å²) in [6, 6.07) is 3.46. The van der Waals surface area contributed by atoms with Crippen LogP contribution < -0.4 is 10.7 Å². The summed E-state index contributed by atoms with van der Waals surface area (Å²) >= 11 is 0. The zero-order chi connectivity index (χ0) is 14.2. The Morgan fingerprint density at radius 2 is 2.20 bits per heavy atom. The number of hydrogen-bond acceptors (Lipinski definition) is 5. The topological polar surface area (TPSA) is 92.7 Å². The minimum atomic E-state index is -0.798. The van der Waals surface area contributed by atoms with E-state index in [0.29, 0.717) is 13.2 Å². The maximum Gasteiger partial charge on any atom is 0.329 e. The molecule has 2 N–H and O–H groups in total. The zero-order valence-corrected chi connectivity index (χ0v) is 10.9. The molecule has 7 heteroatoms. The van der Waals surface area contributed by atoms with Gasteiger partial charge in [0.25, 0.3) is 0 Å². The Balaban J connectivity index is 1.71. The normalized spacial score (nSPS) is 18.1. The lowest BCUT2D eigenvalue weighted by molar-refractivity contribution is -0.139. The third-order valence-electron chi connectivity index (χ3n) is 2.81. The number of nitrogens with one attached hydrogen (secondary N) is 2. The van der Waals surface area contributed by atoms with Crippen molar-refractivity contribution in [2.45, 2.75) is 18.9 Å². The van der Waals surface area contributed by atoms with Gasteiger partial charge in [-0.2, -0.15) is 5.10 Å². The van der Waals surface area contributed by atoms with Gasteiger partial charge >= 0.3 is 11.8 Å². The third kappa shape index (κ3) is 4.43. The monoisotopic (exact) mass is 276 g/mol. The molecule has 1 fully saturated rings. The second-order valence-electron chi connectivity index (χ2n) is 4.32. The summed E-state index contributed by atoms with van der Waals surface area (Å²) in [4.78, 5) is 26.8. The lowest BCUT2D eigenvalue weighted by atomic mass is 10.2. The molecule has 0 aromatic carbocycles. The molecule has 2 heterocycles. The molecular weight excluding hydrogens is 260 g/mol. The Morgan fingerprint density at radius 1 is 1.40 bits per heavy atom. The van der Waals surface area contributed by atoms with Gasteiger partial charge in [0, 0.05) is 25.5 Å². The van der Waals surface area contributed by atoms with Crippen LogP contribution in [0.5, 0.6) is 0 Å². The summed E-state index contributed by atoms with van der Waals surface area (Å²) in [5, 5.41) is 6.21. The van der Waals surface area contributed by atoms with Crippen molar-refractivity contribution in [3.05, 3.63) is 30.1 Å². The van der Waals surface area contributed by atoms with Crippen LogP contribution in [0.3, 0.4) is 0 Å². The lowest BCUT2D eigenvalue weighted by Gasteiger charge is -2.09. The molecule has 2 amide bonds. The van der Waals surface area contributed by atoms with Crippen molar-refractivity contribution >= 4 is 18.0 Å². The molecule has 1 saturated heterocycles. The van der Waals surface area contributed by atoms with Gasteiger partial charge in [-0.15, -0.1) is 0 Å². The highest BCUT2D eigenvalue weighted by Crippen LogP contribution is 2.10. The molecule has 20 heavy (non-hydrogen) atoms. The maximum absolute atomic E-state index is 11.5. The van der Waals surface area contributed by atoms with Crippen LogP contribution in [0.4, 0.5) is 0 Å². The highest BCUT2D eigenvalue weighted by molar-refractivity contribution is 6.35. The number of ether oxygens (including phenoxy) is 1. The van der Waals surface area contributed by atoms with Crippen molar-refractivity contribution in [2.75, 3.05) is 13.2 Å². The van der Waals surface area contributed by atoms with E-state index in [0.717, 1.165) is 18.4 Å². The van der Waals surface area contributed by atoms with E-state index >= 15 is 0 Å². The van der Waals surface area contributed by atoms with Gasteiger partial charge in [0.05, 0.1) is 12.3 Å². The van der Waals surface area contributed by atoms with Crippen LogP contribution in [0.2, 0.25) is 0 Å². The summed E-state index contributed by atoms with van der Waals surface area (Å²) in [5.74, 6) is -1.51. The molecular formula is C13H16N4O3. The minimum absolute atomic E-state index is 0.00655.